The van der Waals surface area contributed by atoms with Gasteiger partial charge in [0.2, 0.25) is 5.91 Å². The maximum atomic E-state index is 12.7. The fourth-order valence-electron chi connectivity index (χ4n) is 4.41. The van der Waals surface area contributed by atoms with Crippen LogP contribution in [0, 0.1) is 19.8 Å². The first kappa shape index (κ1) is 21.4. The number of carbonyl (C=O) groups excluding carboxylic acids is 1. The number of ether oxygens (including phenoxy) is 1. The largest absolute Gasteiger partial charge is 0.496 e. The molecule has 160 valence electrons. The minimum atomic E-state index is 0.236. The van der Waals surface area contributed by atoms with E-state index in [0.717, 1.165) is 67.4 Å². The molecule has 1 aliphatic heterocycles. The maximum absolute atomic E-state index is 12.7. The van der Waals surface area contributed by atoms with Gasteiger partial charge in [-0.2, -0.15) is 0 Å². The fraction of sp³-hybridized carbons (Fsp3) is 0.682. The standard InChI is InChI=1S/C22H35N5O2/c1-5-23-22(25-13-19-16(3)20(29-4)15(2)12-24-19)26-18-10-11-27(14-18)21(28)17-8-6-7-9-17/h12,17-18H,5-11,13-14H2,1-4H3,(H2,23,25,26). The zero-order valence-electron chi connectivity index (χ0n) is 18.3. The Morgan fingerprint density at radius 1 is 1.31 bits per heavy atom. The van der Waals surface area contributed by atoms with Gasteiger partial charge in [-0.05, 0) is 40.0 Å². The number of aromatic nitrogens is 1. The molecular formula is C22H35N5O2. The Morgan fingerprint density at radius 3 is 2.76 bits per heavy atom. The summed E-state index contributed by atoms with van der Waals surface area (Å²) >= 11 is 0. The van der Waals surface area contributed by atoms with E-state index in [0.29, 0.717) is 12.5 Å². The molecule has 1 aliphatic carbocycles. The minimum absolute atomic E-state index is 0.236. The van der Waals surface area contributed by atoms with Crippen molar-refractivity contribution in [3.63, 3.8) is 0 Å². The molecule has 1 saturated carbocycles. The van der Waals surface area contributed by atoms with Crippen LogP contribution in [0.4, 0.5) is 0 Å². The van der Waals surface area contributed by atoms with Crippen LogP contribution in [0.2, 0.25) is 0 Å². The molecule has 29 heavy (non-hydrogen) atoms. The van der Waals surface area contributed by atoms with Crippen molar-refractivity contribution in [3.8, 4) is 5.75 Å². The minimum Gasteiger partial charge on any atom is -0.496 e. The van der Waals surface area contributed by atoms with Gasteiger partial charge in [0.1, 0.15) is 5.75 Å². The van der Waals surface area contributed by atoms with E-state index in [1.807, 2.05) is 24.9 Å². The number of carbonyl (C=O) groups is 1. The highest BCUT2D eigenvalue weighted by Gasteiger charge is 2.32. The van der Waals surface area contributed by atoms with E-state index in [-0.39, 0.29) is 12.0 Å². The zero-order valence-corrected chi connectivity index (χ0v) is 18.3. The topological polar surface area (TPSA) is 78.9 Å². The van der Waals surface area contributed by atoms with Crippen LogP contribution in [0.1, 0.15) is 55.8 Å². The number of nitrogens with zero attached hydrogens (tertiary/aromatic N) is 3. The molecule has 0 bridgehead atoms. The molecular weight excluding hydrogens is 366 g/mol. The lowest BCUT2D eigenvalue weighted by molar-refractivity contribution is -0.134. The van der Waals surface area contributed by atoms with Crippen LogP contribution >= 0.6 is 0 Å². The summed E-state index contributed by atoms with van der Waals surface area (Å²) in [5.41, 5.74) is 2.97. The number of hydrogen-bond donors (Lipinski definition) is 2. The molecule has 2 fully saturated rings. The highest BCUT2D eigenvalue weighted by Crippen LogP contribution is 2.28. The van der Waals surface area contributed by atoms with E-state index in [1.54, 1.807) is 7.11 Å². The van der Waals surface area contributed by atoms with Gasteiger partial charge in [-0.1, -0.05) is 12.8 Å². The Morgan fingerprint density at radius 2 is 2.07 bits per heavy atom. The fourth-order valence-corrected chi connectivity index (χ4v) is 4.41. The molecule has 0 aromatic carbocycles. The molecule has 2 heterocycles. The zero-order chi connectivity index (χ0) is 20.8. The second-order valence-corrected chi connectivity index (χ2v) is 8.14. The molecule has 1 aromatic rings. The van der Waals surface area contributed by atoms with E-state index in [9.17, 15) is 4.79 Å². The van der Waals surface area contributed by atoms with Crippen molar-refractivity contribution >= 4 is 11.9 Å². The normalized spacial score (nSPS) is 20.2. The molecule has 0 radical (unpaired) electrons. The number of rotatable bonds is 6. The van der Waals surface area contributed by atoms with Crippen LogP contribution in [-0.2, 0) is 11.3 Å². The highest BCUT2D eigenvalue weighted by molar-refractivity contribution is 5.81. The maximum Gasteiger partial charge on any atom is 0.225 e. The molecule has 3 rings (SSSR count). The SMILES string of the molecule is CCNC(=NCc1ncc(C)c(OC)c1C)NC1CCN(C(=O)C2CCCC2)C1. The lowest BCUT2D eigenvalue weighted by Gasteiger charge is -2.21. The van der Waals surface area contributed by atoms with Gasteiger partial charge in [0.15, 0.2) is 5.96 Å². The van der Waals surface area contributed by atoms with Gasteiger partial charge < -0.3 is 20.3 Å². The molecule has 7 heteroatoms. The van der Waals surface area contributed by atoms with Crippen LogP contribution in [0.25, 0.3) is 0 Å². The molecule has 1 unspecified atom stereocenters. The number of aliphatic imine (C=N–C) groups is 1. The summed E-state index contributed by atoms with van der Waals surface area (Å²) < 4.78 is 5.50. The average Bonchev–Trinajstić information content (AvgIpc) is 3.39. The number of amides is 1. The highest BCUT2D eigenvalue weighted by atomic mass is 16.5. The van der Waals surface area contributed by atoms with Crippen LogP contribution in [0.5, 0.6) is 5.75 Å². The van der Waals surface area contributed by atoms with E-state index in [4.69, 9.17) is 9.73 Å². The summed E-state index contributed by atoms with van der Waals surface area (Å²) in [7, 11) is 1.69. The number of methoxy groups -OCH3 is 1. The second kappa shape index (κ2) is 9.94. The molecule has 1 atom stereocenters. The molecule has 2 aliphatic rings. The third-order valence-corrected chi connectivity index (χ3v) is 6.03. The summed E-state index contributed by atoms with van der Waals surface area (Å²) in [5, 5.41) is 6.82. The molecule has 0 spiro atoms. The molecule has 1 amide bonds. The molecule has 1 aromatic heterocycles. The van der Waals surface area contributed by atoms with E-state index < -0.39 is 0 Å². The Hall–Kier alpha value is -2.31. The van der Waals surface area contributed by atoms with Gasteiger partial charge in [0.05, 0.1) is 19.3 Å². The van der Waals surface area contributed by atoms with Crippen molar-refractivity contribution in [2.24, 2.45) is 10.9 Å². The number of aryl methyl sites for hydroxylation is 1. The predicted molar refractivity (Wildman–Crippen MR) is 115 cm³/mol. The van der Waals surface area contributed by atoms with Crippen molar-refractivity contribution in [1.82, 2.24) is 20.5 Å². The summed E-state index contributed by atoms with van der Waals surface area (Å²) in [6.45, 7) is 8.93. The number of pyridine rings is 1. The summed E-state index contributed by atoms with van der Waals surface area (Å²) in [6, 6.07) is 0.236. The van der Waals surface area contributed by atoms with Gasteiger partial charge in [0.25, 0.3) is 0 Å². The van der Waals surface area contributed by atoms with Gasteiger partial charge in [-0.15, -0.1) is 0 Å². The third-order valence-electron chi connectivity index (χ3n) is 6.03. The summed E-state index contributed by atoms with van der Waals surface area (Å²) in [6.07, 6.45) is 7.30. The monoisotopic (exact) mass is 401 g/mol. The number of guanidine groups is 1. The first-order valence-corrected chi connectivity index (χ1v) is 10.9. The second-order valence-electron chi connectivity index (χ2n) is 8.14. The average molecular weight is 402 g/mol. The van der Waals surface area contributed by atoms with Crippen LogP contribution in [-0.4, -0.2) is 54.5 Å². The Kier molecular flexibility index (Phi) is 7.34. The van der Waals surface area contributed by atoms with Crippen LogP contribution in [0.3, 0.4) is 0 Å². The smallest absolute Gasteiger partial charge is 0.225 e. The number of hydrogen-bond acceptors (Lipinski definition) is 4. The number of likely N-dealkylation sites (tertiary alicyclic amines) is 1. The van der Waals surface area contributed by atoms with Crippen LogP contribution in [0.15, 0.2) is 11.2 Å². The first-order valence-electron chi connectivity index (χ1n) is 10.9. The molecule has 1 saturated heterocycles. The quantitative estimate of drug-likeness (QED) is 0.566. The first-order chi connectivity index (χ1) is 14.0. The Balaban J connectivity index is 1.61. The summed E-state index contributed by atoms with van der Waals surface area (Å²) in [4.78, 5) is 24.0. The number of nitrogens with one attached hydrogen (secondary N) is 2. The van der Waals surface area contributed by atoms with Gasteiger partial charge in [0, 0.05) is 48.9 Å². The van der Waals surface area contributed by atoms with E-state index >= 15 is 0 Å². The van der Waals surface area contributed by atoms with Gasteiger partial charge in [-0.25, -0.2) is 4.99 Å². The van der Waals surface area contributed by atoms with Crippen molar-refractivity contribution in [1.29, 1.82) is 0 Å². The van der Waals surface area contributed by atoms with Gasteiger partial charge in [-0.3, -0.25) is 9.78 Å². The van der Waals surface area contributed by atoms with Crippen LogP contribution < -0.4 is 15.4 Å². The van der Waals surface area contributed by atoms with Crippen molar-refractivity contribution in [3.05, 3.63) is 23.0 Å². The van der Waals surface area contributed by atoms with Gasteiger partial charge >= 0.3 is 0 Å². The van der Waals surface area contributed by atoms with Crippen molar-refractivity contribution in [2.75, 3.05) is 26.7 Å². The summed E-state index contributed by atoms with van der Waals surface area (Å²) in [5.74, 6) is 2.25. The van der Waals surface area contributed by atoms with Crippen molar-refractivity contribution < 1.29 is 9.53 Å². The Bertz CT molecular complexity index is 743. The van der Waals surface area contributed by atoms with Crippen molar-refractivity contribution in [2.45, 2.75) is 65.5 Å². The molecule has 2 N–H and O–H groups in total. The lowest BCUT2D eigenvalue weighted by atomic mass is 10.1. The van der Waals surface area contributed by atoms with E-state index in [1.165, 1.54) is 12.8 Å². The lowest BCUT2D eigenvalue weighted by Crippen LogP contribution is -2.45. The van der Waals surface area contributed by atoms with E-state index in [2.05, 4.69) is 22.5 Å². The third kappa shape index (κ3) is 5.19. The predicted octanol–water partition coefficient (Wildman–Crippen LogP) is 2.55. The molecule has 7 nitrogen and oxygen atoms in total. The Labute approximate surface area is 174 Å².